The molecule has 0 bridgehead atoms. The van der Waals surface area contributed by atoms with Crippen LogP contribution in [-0.4, -0.2) is 40.0 Å². The smallest absolute Gasteiger partial charge is 0.303 e. The number of carbonyl (C=O) groups excluding carboxylic acids is 1. The molecule has 2 heterocycles. The van der Waals surface area contributed by atoms with Crippen LogP contribution in [0.15, 0.2) is 24.3 Å². The Balaban J connectivity index is 1.38. The lowest BCUT2D eigenvalue weighted by Crippen LogP contribution is -2.39. The van der Waals surface area contributed by atoms with Crippen molar-refractivity contribution < 1.29 is 14.7 Å². The van der Waals surface area contributed by atoms with Gasteiger partial charge in [-0.15, -0.1) is 11.3 Å². The van der Waals surface area contributed by atoms with E-state index >= 15 is 0 Å². The first-order valence-corrected chi connectivity index (χ1v) is 10.3. The number of carboxylic acid groups (broad SMARTS) is 1. The number of carbonyl (C=O) groups is 2. The monoisotopic (exact) mass is 374 g/mol. The van der Waals surface area contributed by atoms with Crippen molar-refractivity contribution in [3.63, 3.8) is 0 Å². The molecule has 26 heavy (non-hydrogen) atoms. The van der Waals surface area contributed by atoms with Gasteiger partial charge in [-0.25, -0.2) is 4.98 Å². The van der Waals surface area contributed by atoms with Crippen molar-refractivity contribution in [2.75, 3.05) is 13.1 Å². The minimum Gasteiger partial charge on any atom is -0.481 e. The topological polar surface area (TPSA) is 70.5 Å². The highest BCUT2D eigenvalue weighted by molar-refractivity contribution is 7.18. The lowest BCUT2D eigenvalue weighted by Gasteiger charge is -2.32. The number of aromatic nitrogens is 1. The van der Waals surface area contributed by atoms with Crippen molar-refractivity contribution in [1.82, 2.24) is 9.88 Å². The Labute approximate surface area is 158 Å². The lowest BCUT2D eigenvalue weighted by molar-refractivity contribution is -0.137. The van der Waals surface area contributed by atoms with Crippen molar-refractivity contribution >= 4 is 33.4 Å². The highest BCUT2D eigenvalue weighted by Crippen LogP contribution is 2.24. The first-order chi connectivity index (χ1) is 12.6. The SMILES string of the molecule is O=C(O)CC[C@H]1CCCN(C(=O)CCCCc2nc3ccccc3s2)C1. The molecular formula is C20H26N2O3S. The molecule has 1 atom stereocenters. The summed E-state index contributed by atoms with van der Waals surface area (Å²) in [6.45, 7) is 1.55. The number of aryl methyl sites for hydroxylation is 1. The summed E-state index contributed by atoms with van der Waals surface area (Å²) in [6.07, 6.45) is 6.26. The predicted octanol–water partition coefficient (Wildman–Crippen LogP) is 4.11. The Morgan fingerprint density at radius 2 is 2.08 bits per heavy atom. The molecule has 0 saturated carbocycles. The normalized spacial score (nSPS) is 17.5. The van der Waals surface area contributed by atoms with Crippen LogP contribution in [0.3, 0.4) is 0 Å². The maximum Gasteiger partial charge on any atom is 0.303 e. The molecular weight excluding hydrogens is 348 g/mol. The maximum absolute atomic E-state index is 12.4. The Bertz CT molecular complexity index is 725. The quantitative estimate of drug-likeness (QED) is 0.706. The molecule has 6 heteroatoms. The van der Waals surface area contributed by atoms with Gasteiger partial charge in [0.2, 0.25) is 5.91 Å². The molecule has 3 rings (SSSR count). The molecule has 140 valence electrons. The zero-order valence-corrected chi connectivity index (χ0v) is 15.8. The fourth-order valence-corrected chi connectivity index (χ4v) is 4.60. The van der Waals surface area contributed by atoms with E-state index < -0.39 is 5.97 Å². The molecule has 1 aromatic heterocycles. The summed E-state index contributed by atoms with van der Waals surface area (Å²) in [7, 11) is 0. The summed E-state index contributed by atoms with van der Waals surface area (Å²) in [5.41, 5.74) is 1.06. The van der Waals surface area contributed by atoms with E-state index in [9.17, 15) is 9.59 Å². The number of likely N-dealkylation sites (tertiary alicyclic amines) is 1. The van der Waals surface area contributed by atoms with Crippen LogP contribution in [0.25, 0.3) is 10.2 Å². The summed E-state index contributed by atoms with van der Waals surface area (Å²) in [6, 6.07) is 8.17. The molecule has 2 aromatic rings. The number of rotatable bonds is 8. The van der Waals surface area contributed by atoms with Crippen molar-refractivity contribution in [3.8, 4) is 0 Å². The summed E-state index contributed by atoms with van der Waals surface area (Å²) in [5.74, 6) is -0.191. The zero-order valence-electron chi connectivity index (χ0n) is 15.0. The number of thiazole rings is 1. The third-order valence-electron chi connectivity index (χ3n) is 5.01. The van der Waals surface area contributed by atoms with E-state index in [0.717, 1.165) is 55.7 Å². The minimum atomic E-state index is -0.747. The van der Waals surface area contributed by atoms with Gasteiger partial charge in [-0.3, -0.25) is 9.59 Å². The van der Waals surface area contributed by atoms with Crippen LogP contribution in [0, 0.1) is 5.92 Å². The minimum absolute atomic E-state index is 0.203. The molecule has 0 aliphatic carbocycles. The molecule has 1 saturated heterocycles. The number of para-hydroxylation sites is 1. The Hall–Kier alpha value is -1.95. The molecule has 1 fully saturated rings. The van der Waals surface area contributed by atoms with E-state index in [1.165, 1.54) is 4.70 Å². The van der Waals surface area contributed by atoms with E-state index in [1.807, 2.05) is 23.1 Å². The number of hydrogen-bond acceptors (Lipinski definition) is 4. The maximum atomic E-state index is 12.4. The van der Waals surface area contributed by atoms with Crippen LogP contribution in [0.4, 0.5) is 0 Å². The number of carboxylic acids is 1. The number of amides is 1. The van der Waals surface area contributed by atoms with Crippen molar-refractivity contribution in [1.29, 1.82) is 0 Å². The van der Waals surface area contributed by atoms with Gasteiger partial charge in [-0.05, 0) is 56.6 Å². The van der Waals surface area contributed by atoms with Gasteiger partial charge in [-0.1, -0.05) is 12.1 Å². The number of piperidine rings is 1. The van der Waals surface area contributed by atoms with Crippen molar-refractivity contribution in [2.45, 2.75) is 51.4 Å². The molecule has 1 aliphatic heterocycles. The average Bonchev–Trinajstić information content (AvgIpc) is 3.06. The number of aliphatic carboxylic acids is 1. The summed E-state index contributed by atoms with van der Waals surface area (Å²) in [4.78, 5) is 29.7. The second-order valence-corrected chi connectivity index (χ2v) is 8.18. The van der Waals surface area contributed by atoms with E-state index in [-0.39, 0.29) is 12.3 Å². The summed E-state index contributed by atoms with van der Waals surface area (Å²) >= 11 is 1.74. The highest BCUT2D eigenvalue weighted by Gasteiger charge is 2.23. The van der Waals surface area contributed by atoms with Crippen LogP contribution in [0.2, 0.25) is 0 Å². The number of hydrogen-bond donors (Lipinski definition) is 1. The summed E-state index contributed by atoms with van der Waals surface area (Å²) in [5, 5.41) is 9.96. The van der Waals surface area contributed by atoms with Gasteiger partial charge in [0.1, 0.15) is 0 Å². The molecule has 1 aromatic carbocycles. The van der Waals surface area contributed by atoms with Gasteiger partial charge in [-0.2, -0.15) is 0 Å². The predicted molar refractivity (Wildman–Crippen MR) is 103 cm³/mol. The molecule has 1 amide bonds. The van der Waals surface area contributed by atoms with Gasteiger partial charge in [0.25, 0.3) is 0 Å². The first kappa shape index (κ1) is 18.8. The van der Waals surface area contributed by atoms with Gasteiger partial charge in [0.15, 0.2) is 0 Å². The van der Waals surface area contributed by atoms with Gasteiger partial charge < -0.3 is 10.0 Å². The van der Waals surface area contributed by atoms with E-state index in [1.54, 1.807) is 11.3 Å². The van der Waals surface area contributed by atoms with Crippen LogP contribution in [-0.2, 0) is 16.0 Å². The third kappa shape index (κ3) is 5.27. The second kappa shape index (κ2) is 9.12. The van der Waals surface area contributed by atoms with Crippen molar-refractivity contribution in [2.24, 2.45) is 5.92 Å². The molecule has 0 spiro atoms. The van der Waals surface area contributed by atoms with Crippen LogP contribution < -0.4 is 0 Å². The van der Waals surface area contributed by atoms with Gasteiger partial charge in [0.05, 0.1) is 15.2 Å². The molecule has 0 unspecified atom stereocenters. The summed E-state index contributed by atoms with van der Waals surface area (Å²) < 4.78 is 1.22. The first-order valence-electron chi connectivity index (χ1n) is 9.46. The lowest BCUT2D eigenvalue weighted by atomic mass is 9.93. The van der Waals surface area contributed by atoms with E-state index in [2.05, 4.69) is 11.1 Å². The van der Waals surface area contributed by atoms with Crippen LogP contribution in [0.5, 0.6) is 0 Å². The van der Waals surface area contributed by atoms with Crippen LogP contribution >= 0.6 is 11.3 Å². The second-order valence-electron chi connectivity index (χ2n) is 7.06. The number of unbranched alkanes of at least 4 members (excludes halogenated alkanes) is 1. The van der Waals surface area contributed by atoms with Crippen molar-refractivity contribution in [3.05, 3.63) is 29.3 Å². The molecule has 1 N–H and O–H groups in total. The fourth-order valence-electron chi connectivity index (χ4n) is 3.59. The third-order valence-corrected chi connectivity index (χ3v) is 6.10. The number of fused-ring (bicyclic) bond motifs is 1. The largest absolute Gasteiger partial charge is 0.481 e. The Kier molecular flexibility index (Phi) is 6.61. The molecule has 0 radical (unpaired) electrons. The Morgan fingerprint density at radius 1 is 1.23 bits per heavy atom. The van der Waals surface area contributed by atoms with E-state index in [0.29, 0.717) is 18.8 Å². The molecule has 1 aliphatic rings. The Morgan fingerprint density at radius 3 is 2.88 bits per heavy atom. The van der Waals surface area contributed by atoms with Crippen LogP contribution in [0.1, 0.15) is 50.0 Å². The fraction of sp³-hybridized carbons (Fsp3) is 0.550. The average molecular weight is 375 g/mol. The van der Waals surface area contributed by atoms with E-state index in [4.69, 9.17) is 5.11 Å². The zero-order chi connectivity index (χ0) is 18.4. The van der Waals surface area contributed by atoms with Gasteiger partial charge >= 0.3 is 5.97 Å². The molecule has 5 nitrogen and oxygen atoms in total. The van der Waals surface area contributed by atoms with Gasteiger partial charge in [0, 0.05) is 25.9 Å². The standard InChI is InChI=1S/C20H26N2O3S/c23-19(22-13-5-6-15(14-22)11-12-20(24)25)10-4-3-9-18-21-16-7-1-2-8-17(16)26-18/h1-2,7-8,15H,3-6,9-14H2,(H,24,25)/t15-/m1/s1. The number of benzene rings is 1. The highest BCUT2D eigenvalue weighted by atomic mass is 32.1. The number of nitrogens with zero attached hydrogens (tertiary/aromatic N) is 2.